The molecule has 0 aromatic heterocycles. The molecule has 1 aliphatic heterocycles. The number of Topliss-reactive ketones (excluding diaryl/α,β-unsaturated/α-hetero) is 2. The standard InChI is InChI=1S/C32H34Cl2N2O4/c1-31(2)12-22-28(24(37)14-31)27(19-10-20(33)30(21(34)11-19)40-17-26(35)39)29-23(13-32(3,4)15-25(29)38)36(22)16-18-8-6-5-7-9-18/h5-11,27H,12-17H2,1-4H3,(H2,35,39). The predicted octanol–water partition coefficient (Wildman–Crippen LogP) is 6.74. The van der Waals surface area contributed by atoms with Gasteiger partial charge in [-0.05, 0) is 46.9 Å². The summed E-state index contributed by atoms with van der Waals surface area (Å²) < 4.78 is 5.46. The fourth-order valence-electron chi connectivity index (χ4n) is 6.37. The number of benzene rings is 2. The summed E-state index contributed by atoms with van der Waals surface area (Å²) in [5, 5.41) is 0.374. The fraction of sp³-hybridized carbons (Fsp3) is 0.406. The third kappa shape index (κ3) is 5.44. The minimum atomic E-state index is -0.655. The van der Waals surface area contributed by atoms with Crippen LogP contribution < -0.4 is 10.5 Å². The van der Waals surface area contributed by atoms with Crippen LogP contribution in [0.15, 0.2) is 65.0 Å². The van der Waals surface area contributed by atoms with Gasteiger partial charge in [0.15, 0.2) is 23.9 Å². The highest BCUT2D eigenvalue weighted by Crippen LogP contribution is 2.55. The van der Waals surface area contributed by atoms with E-state index in [9.17, 15) is 14.4 Å². The van der Waals surface area contributed by atoms with Crippen molar-refractivity contribution < 1.29 is 19.1 Å². The number of hydrogen-bond donors (Lipinski definition) is 1. The zero-order chi connectivity index (χ0) is 29.0. The Morgan fingerprint density at radius 3 is 1.88 bits per heavy atom. The largest absolute Gasteiger partial charge is 0.481 e. The first kappa shape index (κ1) is 28.4. The van der Waals surface area contributed by atoms with Crippen LogP contribution in [0.2, 0.25) is 10.0 Å². The molecule has 0 atom stereocenters. The number of ether oxygens (including phenoxy) is 1. The van der Waals surface area contributed by atoms with Gasteiger partial charge in [-0.2, -0.15) is 0 Å². The highest BCUT2D eigenvalue weighted by Gasteiger charge is 2.49. The number of nitrogens with zero attached hydrogens (tertiary/aromatic N) is 1. The van der Waals surface area contributed by atoms with E-state index >= 15 is 0 Å². The fourth-order valence-corrected chi connectivity index (χ4v) is 6.98. The lowest BCUT2D eigenvalue weighted by molar-refractivity contribution is -0.121. The molecule has 40 heavy (non-hydrogen) atoms. The smallest absolute Gasteiger partial charge is 0.255 e. The number of carbonyl (C=O) groups excluding carboxylic acids is 3. The van der Waals surface area contributed by atoms with E-state index in [2.05, 4.69) is 44.7 Å². The Labute approximate surface area is 245 Å². The molecule has 5 rings (SSSR count). The molecule has 0 spiro atoms. The zero-order valence-electron chi connectivity index (χ0n) is 23.3. The molecular weight excluding hydrogens is 547 g/mol. The molecule has 0 unspecified atom stereocenters. The van der Waals surface area contributed by atoms with Crippen LogP contribution in [0.5, 0.6) is 5.75 Å². The maximum Gasteiger partial charge on any atom is 0.255 e. The number of carbonyl (C=O) groups is 3. The van der Waals surface area contributed by atoms with Crippen molar-refractivity contribution in [1.82, 2.24) is 4.90 Å². The Hall–Kier alpha value is -3.09. The molecule has 0 saturated carbocycles. The summed E-state index contributed by atoms with van der Waals surface area (Å²) >= 11 is 13.2. The van der Waals surface area contributed by atoms with E-state index in [0.29, 0.717) is 48.9 Å². The molecule has 210 valence electrons. The first-order valence-electron chi connectivity index (χ1n) is 13.5. The van der Waals surface area contributed by atoms with Gasteiger partial charge < -0.3 is 15.4 Å². The second-order valence-electron chi connectivity index (χ2n) is 12.7. The summed E-state index contributed by atoms with van der Waals surface area (Å²) in [5.41, 5.74) is 9.72. The van der Waals surface area contributed by atoms with Gasteiger partial charge in [-0.1, -0.05) is 81.2 Å². The molecule has 3 aliphatic rings. The molecule has 2 aromatic rings. The van der Waals surface area contributed by atoms with Crippen LogP contribution in [0, 0.1) is 10.8 Å². The van der Waals surface area contributed by atoms with Crippen LogP contribution in [-0.2, 0) is 20.9 Å². The maximum atomic E-state index is 14.0. The Kier molecular flexibility index (Phi) is 7.38. The lowest BCUT2D eigenvalue weighted by atomic mass is 9.63. The van der Waals surface area contributed by atoms with Crippen molar-refractivity contribution >= 4 is 40.7 Å². The normalized spacial score (nSPS) is 20.4. The number of halogens is 2. The number of hydrogen-bond acceptors (Lipinski definition) is 5. The molecule has 2 N–H and O–H groups in total. The molecule has 0 bridgehead atoms. The molecule has 1 amide bonds. The van der Waals surface area contributed by atoms with Crippen molar-refractivity contribution in [3.05, 3.63) is 86.2 Å². The summed E-state index contributed by atoms with van der Waals surface area (Å²) in [6.45, 7) is 8.65. The van der Waals surface area contributed by atoms with Gasteiger partial charge in [-0.25, -0.2) is 0 Å². The van der Waals surface area contributed by atoms with Gasteiger partial charge in [0, 0.05) is 47.8 Å². The predicted molar refractivity (Wildman–Crippen MR) is 156 cm³/mol. The topological polar surface area (TPSA) is 89.7 Å². The lowest BCUT2D eigenvalue weighted by Crippen LogP contribution is -2.44. The monoisotopic (exact) mass is 580 g/mol. The number of primary amides is 1. The summed E-state index contributed by atoms with van der Waals surface area (Å²) in [7, 11) is 0. The summed E-state index contributed by atoms with van der Waals surface area (Å²) in [6, 6.07) is 13.5. The number of amides is 1. The Bertz CT molecular complexity index is 1400. The minimum Gasteiger partial charge on any atom is -0.481 e. The average Bonchev–Trinajstić information content (AvgIpc) is 2.83. The van der Waals surface area contributed by atoms with E-state index in [0.717, 1.165) is 17.0 Å². The highest BCUT2D eigenvalue weighted by atomic mass is 35.5. The molecule has 1 heterocycles. The lowest BCUT2D eigenvalue weighted by Gasteiger charge is -2.49. The van der Waals surface area contributed by atoms with Gasteiger partial charge in [0.2, 0.25) is 0 Å². The molecule has 2 aromatic carbocycles. The van der Waals surface area contributed by atoms with Crippen molar-refractivity contribution in [2.45, 2.75) is 65.8 Å². The van der Waals surface area contributed by atoms with Crippen LogP contribution in [0.3, 0.4) is 0 Å². The van der Waals surface area contributed by atoms with Crippen LogP contribution in [0.1, 0.15) is 70.4 Å². The van der Waals surface area contributed by atoms with Crippen molar-refractivity contribution in [2.75, 3.05) is 6.61 Å². The molecule has 8 heteroatoms. The van der Waals surface area contributed by atoms with Crippen LogP contribution in [0.25, 0.3) is 0 Å². The Balaban J connectivity index is 1.73. The molecule has 2 aliphatic carbocycles. The van der Waals surface area contributed by atoms with Gasteiger partial charge in [0.25, 0.3) is 5.91 Å². The van der Waals surface area contributed by atoms with Crippen LogP contribution >= 0.6 is 23.2 Å². The van der Waals surface area contributed by atoms with Gasteiger partial charge in [0.05, 0.1) is 10.0 Å². The molecule has 0 radical (unpaired) electrons. The summed E-state index contributed by atoms with van der Waals surface area (Å²) in [5.74, 6) is -1.05. The summed E-state index contributed by atoms with van der Waals surface area (Å²) in [6.07, 6.45) is 2.16. The number of nitrogens with two attached hydrogens (primary N) is 1. The Morgan fingerprint density at radius 2 is 1.40 bits per heavy atom. The molecule has 6 nitrogen and oxygen atoms in total. The minimum absolute atomic E-state index is 0.0276. The molecule has 0 fully saturated rings. The Morgan fingerprint density at radius 1 is 0.900 bits per heavy atom. The molecular formula is C32H34Cl2N2O4. The van der Waals surface area contributed by atoms with Gasteiger partial charge in [-0.3, -0.25) is 14.4 Å². The maximum absolute atomic E-state index is 14.0. The van der Waals surface area contributed by atoms with E-state index in [1.165, 1.54) is 0 Å². The quantitative estimate of drug-likeness (QED) is 0.408. The first-order chi connectivity index (χ1) is 18.8. The zero-order valence-corrected chi connectivity index (χ0v) is 24.8. The third-order valence-corrected chi connectivity index (χ3v) is 8.48. The van der Waals surface area contributed by atoms with Gasteiger partial charge in [-0.15, -0.1) is 0 Å². The second-order valence-corrected chi connectivity index (χ2v) is 13.5. The third-order valence-electron chi connectivity index (χ3n) is 7.92. The summed E-state index contributed by atoms with van der Waals surface area (Å²) in [4.78, 5) is 41.5. The first-order valence-corrected chi connectivity index (χ1v) is 14.3. The van der Waals surface area contributed by atoms with E-state index in [1.54, 1.807) is 12.1 Å². The second kappa shape index (κ2) is 10.4. The number of rotatable bonds is 6. The van der Waals surface area contributed by atoms with E-state index in [4.69, 9.17) is 33.7 Å². The number of ketones is 2. The molecule has 0 saturated heterocycles. The van der Waals surface area contributed by atoms with E-state index < -0.39 is 11.8 Å². The number of allylic oxidation sites excluding steroid dienone is 4. The van der Waals surface area contributed by atoms with Crippen molar-refractivity contribution in [3.8, 4) is 5.75 Å². The van der Waals surface area contributed by atoms with Crippen molar-refractivity contribution in [2.24, 2.45) is 16.6 Å². The van der Waals surface area contributed by atoms with E-state index in [1.807, 2.05) is 18.2 Å². The van der Waals surface area contributed by atoms with Crippen molar-refractivity contribution in [3.63, 3.8) is 0 Å². The van der Waals surface area contributed by atoms with Crippen molar-refractivity contribution in [1.29, 1.82) is 0 Å². The van der Waals surface area contributed by atoms with E-state index in [-0.39, 0.29) is 44.8 Å². The van der Waals surface area contributed by atoms with Crippen LogP contribution in [0.4, 0.5) is 0 Å². The van der Waals surface area contributed by atoms with Gasteiger partial charge in [0.1, 0.15) is 0 Å². The SMILES string of the molecule is CC1(C)CC(=O)C2=C(C1)N(Cc1ccccc1)C1=C(C(=O)CC(C)(C)C1)C2c1cc(Cl)c(OCC(N)=O)c(Cl)c1. The van der Waals surface area contributed by atoms with Crippen LogP contribution in [-0.4, -0.2) is 29.0 Å². The van der Waals surface area contributed by atoms with Gasteiger partial charge >= 0.3 is 0 Å². The average molecular weight is 582 g/mol. The highest BCUT2D eigenvalue weighted by molar-refractivity contribution is 6.37.